The van der Waals surface area contributed by atoms with Gasteiger partial charge < -0.3 is 15.4 Å². The Kier molecular flexibility index (Phi) is 3.85. The van der Waals surface area contributed by atoms with Crippen LogP contribution in [0.15, 0.2) is 35.0 Å². The molecule has 0 aliphatic carbocycles. The number of anilines is 2. The minimum atomic E-state index is -0.508. The second-order valence-corrected chi connectivity index (χ2v) is 6.01. The lowest BCUT2D eigenvalue weighted by molar-refractivity contribution is -0.122. The zero-order valence-corrected chi connectivity index (χ0v) is 13.1. The Morgan fingerprint density at radius 3 is 2.95 bits per heavy atom. The summed E-state index contributed by atoms with van der Waals surface area (Å²) in [4.78, 5) is 23.9. The molecule has 0 spiro atoms. The molecule has 2 aromatic rings. The van der Waals surface area contributed by atoms with Crippen molar-refractivity contribution in [1.29, 1.82) is 0 Å². The van der Waals surface area contributed by atoms with Gasteiger partial charge >= 0.3 is 0 Å². The molecule has 0 saturated carbocycles. The molecular weight excluding hydrogens is 300 g/mol. The van der Waals surface area contributed by atoms with Crippen LogP contribution < -0.4 is 15.4 Å². The molecule has 2 unspecified atom stereocenters. The fourth-order valence-electron chi connectivity index (χ4n) is 2.21. The van der Waals surface area contributed by atoms with Gasteiger partial charge in [0.25, 0.3) is 5.91 Å². The molecule has 22 heavy (non-hydrogen) atoms. The maximum absolute atomic E-state index is 12.3. The summed E-state index contributed by atoms with van der Waals surface area (Å²) in [6.45, 7) is 3.55. The molecule has 114 valence electrons. The largest absolute Gasteiger partial charge is 0.479 e. The van der Waals surface area contributed by atoms with Crippen molar-refractivity contribution in [2.75, 3.05) is 10.6 Å². The van der Waals surface area contributed by atoms with Crippen molar-refractivity contribution in [2.45, 2.75) is 25.9 Å². The van der Waals surface area contributed by atoms with Gasteiger partial charge in [-0.15, -0.1) is 0 Å². The highest BCUT2D eigenvalue weighted by molar-refractivity contribution is 7.08. The highest BCUT2D eigenvalue weighted by Crippen LogP contribution is 2.32. The van der Waals surface area contributed by atoms with Gasteiger partial charge in [-0.2, -0.15) is 11.3 Å². The molecule has 1 aromatic heterocycles. The highest BCUT2D eigenvalue weighted by atomic mass is 32.1. The topological polar surface area (TPSA) is 67.4 Å². The lowest BCUT2D eigenvalue weighted by Crippen LogP contribution is -2.34. The monoisotopic (exact) mass is 316 g/mol. The van der Waals surface area contributed by atoms with Crippen LogP contribution in [0.1, 0.15) is 25.3 Å². The van der Waals surface area contributed by atoms with E-state index in [-0.39, 0.29) is 17.7 Å². The van der Waals surface area contributed by atoms with E-state index in [0.717, 1.165) is 5.56 Å². The molecule has 3 rings (SSSR count). The summed E-state index contributed by atoms with van der Waals surface area (Å²) in [6, 6.07) is 7.16. The Morgan fingerprint density at radius 2 is 2.23 bits per heavy atom. The molecule has 5 nitrogen and oxygen atoms in total. The summed E-state index contributed by atoms with van der Waals surface area (Å²) in [5, 5.41) is 9.55. The van der Waals surface area contributed by atoms with Gasteiger partial charge in [0.15, 0.2) is 6.10 Å². The van der Waals surface area contributed by atoms with Gasteiger partial charge in [-0.05, 0) is 54.4 Å². The molecule has 0 fully saturated rings. The molecule has 1 aliphatic rings. The van der Waals surface area contributed by atoms with Crippen LogP contribution >= 0.6 is 11.3 Å². The van der Waals surface area contributed by atoms with Crippen molar-refractivity contribution in [3.63, 3.8) is 0 Å². The summed E-state index contributed by atoms with van der Waals surface area (Å²) in [5.41, 5.74) is 2.19. The molecule has 2 heterocycles. The number of benzene rings is 1. The Labute approximate surface area is 132 Å². The Hall–Kier alpha value is -2.34. The van der Waals surface area contributed by atoms with E-state index in [0.29, 0.717) is 17.1 Å². The van der Waals surface area contributed by atoms with E-state index < -0.39 is 6.10 Å². The van der Waals surface area contributed by atoms with Gasteiger partial charge in [0.05, 0.1) is 11.6 Å². The molecule has 0 saturated heterocycles. The quantitative estimate of drug-likeness (QED) is 0.913. The predicted molar refractivity (Wildman–Crippen MR) is 86.5 cm³/mol. The first kappa shape index (κ1) is 14.6. The van der Waals surface area contributed by atoms with Gasteiger partial charge in [0.1, 0.15) is 5.75 Å². The van der Waals surface area contributed by atoms with Gasteiger partial charge in [0, 0.05) is 5.69 Å². The fourth-order valence-corrected chi connectivity index (χ4v) is 2.96. The van der Waals surface area contributed by atoms with Crippen molar-refractivity contribution in [1.82, 2.24) is 0 Å². The molecule has 0 radical (unpaired) electrons. The number of nitrogens with one attached hydrogen (secondary N) is 2. The lowest BCUT2D eigenvalue weighted by atomic mass is 10.0. The number of ether oxygens (including phenoxy) is 1. The first-order chi connectivity index (χ1) is 10.5. The summed E-state index contributed by atoms with van der Waals surface area (Å²) in [6.07, 6.45) is -0.508. The number of hydrogen-bond donors (Lipinski definition) is 2. The SMILES string of the molecule is CC1Oc2ccc(NC(=O)C(C)c3ccsc3)cc2NC1=O. The van der Waals surface area contributed by atoms with Crippen LogP contribution in [0.5, 0.6) is 5.75 Å². The number of rotatable bonds is 3. The Bertz CT molecular complexity index is 712. The van der Waals surface area contributed by atoms with E-state index in [1.165, 1.54) is 0 Å². The first-order valence-electron chi connectivity index (χ1n) is 6.99. The van der Waals surface area contributed by atoms with Gasteiger partial charge in [0.2, 0.25) is 5.91 Å². The normalized spacial score (nSPS) is 17.9. The number of amides is 2. The van der Waals surface area contributed by atoms with Crippen LogP contribution in [0.4, 0.5) is 11.4 Å². The third-order valence-corrected chi connectivity index (χ3v) is 4.32. The lowest BCUT2D eigenvalue weighted by Gasteiger charge is -2.23. The van der Waals surface area contributed by atoms with E-state index in [9.17, 15) is 9.59 Å². The molecule has 0 bridgehead atoms. The van der Waals surface area contributed by atoms with Crippen LogP contribution in [0, 0.1) is 0 Å². The van der Waals surface area contributed by atoms with E-state index in [1.807, 2.05) is 23.8 Å². The minimum absolute atomic E-state index is 0.0882. The van der Waals surface area contributed by atoms with E-state index in [1.54, 1.807) is 36.5 Å². The highest BCUT2D eigenvalue weighted by Gasteiger charge is 2.24. The smallest absolute Gasteiger partial charge is 0.265 e. The zero-order valence-electron chi connectivity index (χ0n) is 12.3. The van der Waals surface area contributed by atoms with Crippen LogP contribution in [0.25, 0.3) is 0 Å². The van der Waals surface area contributed by atoms with Gasteiger partial charge in [-0.3, -0.25) is 9.59 Å². The number of carbonyl (C=O) groups excluding carboxylic acids is 2. The number of fused-ring (bicyclic) bond motifs is 1. The van der Waals surface area contributed by atoms with Crippen molar-refractivity contribution in [3.8, 4) is 5.75 Å². The predicted octanol–water partition coefficient (Wildman–Crippen LogP) is 3.21. The second-order valence-electron chi connectivity index (χ2n) is 5.23. The molecule has 6 heteroatoms. The summed E-state index contributed by atoms with van der Waals surface area (Å²) >= 11 is 1.57. The maximum atomic E-state index is 12.3. The standard InChI is InChI=1S/C16H16N2O3S/c1-9(11-5-6-22-8-11)15(19)17-12-3-4-14-13(7-12)18-16(20)10(2)21-14/h3-10H,1-2H3,(H,17,19)(H,18,20). The minimum Gasteiger partial charge on any atom is -0.479 e. The third-order valence-electron chi connectivity index (χ3n) is 3.61. The summed E-state index contributed by atoms with van der Waals surface area (Å²) < 4.78 is 5.49. The van der Waals surface area contributed by atoms with E-state index in [4.69, 9.17) is 4.74 Å². The summed E-state index contributed by atoms with van der Waals surface area (Å²) in [5.74, 6) is 0.0986. The van der Waals surface area contributed by atoms with Gasteiger partial charge in [-0.25, -0.2) is 0 Å². The molecule has 1 aliphatic heterocycles. The molecule has 1 aromatic carbocycles. The number of thiophene rings is 1. The summed E-state index contributed by atoms with van der Waals surface area (Å²) in [7, 11) is 0. The molecule has 2 atom stereocenters. The van der Waals surface area contributed by atoms with E-state index in [2.05, 4.69) is 10.6 Å². The molecule has 2 N–H and O–H groups in total. The number of hydrogen-bond acceptors (Lipinski definition) is 4. The average Bonchev–Trinajstić information content (AvgIpc) is 3.02. The first-order valence-corrected chi connectivity index (χ1v) is 7.93. The Balaban J connectivity index is 1.75. The van der Waals surface area contributed by atoms with Crippen molar-refractivity contribution in [2.24, 2.45) is 0 Å². The third kappa shape index (κ3) is 2.82. The van der Waals surface area contributed by atoms with Crippen LogP contribution in [-0.4, -0.2) is 17.9 Å². The van der Waals surface area contributed by atoms with Crippen LogP contribution in [0.2, 0.25) is 0 Å². The van der Waals surface area contributed by atoms with Crippen molar-refractivity contribution >= 4 is 34.5 Å². The maximum Gasteiger partial charge on any atom is 0.265 e. The van der Waals surface area contributed by atoms with Crippen LogP contribution in [0.3, 0.4) is 0 Å². The van der Waals surface area contributed by atoms with Crippen LogP contribution in [-0.2, 0) is 9.59 Å². The average molecular weight is 316 g/mol. The van der Waals surface area contributed by atoms with Crippen molar-refractivity contribution in [3.05, 3.63) is 40.6 Å². The molecule has 2 amide bonds. The Morgan fingerprint density at radius 1 is 1.41 bits per heavy atom. The second kappa shape index (κ2) is 5.81. The zero-order chi connectivity index (χ0) is 15.7. The van der Waals surface area contributed by atoms with Crippen molar-refractivity contribution < 1.29 is 14.3 Å². The fraction of sp³-hybridized carbons (Fsp3) is 0.250. The molecular formula is C16H16N2O3S. The number of carbonyl (C=O) groups is 2. The van der Waals surface area contributed by atoms with Gasteiger partial charge in [-0.1, -0.05) is 0 Å². The van der Waals surface area contributed by atoms with E-state index >= 15 is 0 Å².